The molecule has 0 saturated carbocycles. The van der Waals surface area contributed by atoms with E-state index in [9.17, 15) is 18.0 Å². The van der Waals surface area contributed by atoms with E-state index in [1.54, 1.807) is 30.6 Å². The second-order valence-electron chi connectivity index (χ2n) is 6.46. The minimum atomic E-state index is -4.45. The van der Waals surface area contributed by atoms with Crippen LogP contribution in [-0.4, -0.2) is 28.5 Å². The van der Waals surface area contributed by atoms with Gasteiger partial charge in [-0.3, -0.25) is 4.98 Å². The van der Waals surface area contributed by atoms with Crippen LogP contribution in [0.1, 0.15) is 17.5 Å². The predicted octanol–water partition coefficient (Wildman–Crippen LogP) is 5.05. The van der Waals surface area contributed by atoms with E-state index in [0.29, 0.717) is 28.3 Å². The van der Waals surface area contributed by atoms with Crippen LogP contribution in [0.5, 0.6) is 0 Å². The van der Waals surface area contributed by atoms with Gasteiger partial charge in [0.05, 0.1) is 11.3 Å². The van der Waals surface area contributed by atoms with Crippen LogP contribution < -0.4 is 10.6 Å². The fourth-order valence-electron chi connectivity index (χ4n) is 2.83. The third-order valence-corrected chi connectivity index (χ3v) is 5.51. The van der Waals surface area contributed by atoms with Crippen molar-refractivity contribution in [2.24, 2.45) is 0 Å². The molecule has 0 atom stereocenters. The number of pyridine rings is 1. The van der Waals surface area contributed by atoms with Gasteiger partial charge in [-0.05, 0) is 36.2 Å². The Kier molecular flexibility index (Phi) is 7.17. The highest BCUT2D eigenvalue weighted by Gasteiger charge is 2.31. The molecule has 3 aromatic rings. The second-order valence-corrected chi connectivity index (χ2v) is 7.59. The van der Waals surface area contributed by atoms with Crippen LogP contribution in [0.4, 0.5) is 23.7 Å². The van der Waals surface area contributed by atoms with Crippen molar-refractivity contribution in [2.45, 2.75) is 24.0 Å². The number of fused-ring (bicyclic) bond motifs is 1. The SMILES string of the molecule is O=C(NCc1ccc(C(F)(F)F)cc1SCCCO)Nc1cccc2cnccc12. The van der Waals surface area contributed by atoms with Gasteiger partial charge in [-0.2, -0.15) is 13.2 Å². The lowest BCUT2D eigenvalue weighted by atomic mass is 10.1. The van der Waals surface area contributed by atoms with Gasteiger partial charge in [0, 0.05) is 47.0 Å². The van der Waals surface area contributed by atoms with Gasteiger partial charge in [-0.25, -0.2) is 4.79 Å². The molecule has 3 rings (SSSR count). The molecule has 2 amide bonds. The predicted molar refractivity (Wildman–Crippen MR) is 111 cm³/mol. The highest BCUT2D eigenvalue weighted by Crippen LogP contribution is 2.34. The van der Waals surface area contributed by atoms with Gasteiger partial charge in [-0.1, -0.05) is 18.2 Å². The Labute approximate surface area is 175 Å². The zero-order valence-corrected chi connectivity index (χ0v) is 16.7. The number of carbonyl (C=O) groups is 1. The van der Waals surface area contributed by atoms with Crippen LogP contribution in [0.2, 0.25) is 0 Å². The van der Waals surface area contributed by atoms with Crippen molar-refractivity contribution in [3.63, 3.8) is 0 Å². The van der Waals surface area contributed by atoms with Gasteiger partial charge in [0.1, 0.15) is 0 Å². The number of hydrogen-bond acceptors (Lipinski definition) is 4. The summed E-state index contributed by atoms with van der Waals surface area (Å²) < 4.78 is 39.1. The van der Waals surface area contributed by atoms with Crippen LogP contribution in [0.15, 0.2) is 59.8 Å². The van der Waals surface area contributed by atoms with Gasteiger partial charge in [0.25, 0.3) is 0 Å². The van der Waals surface area contributed by atoms with E-state index >= 15 is 0 Å². The monoisotopic (exact) mass is 435 g/mol. The first-order chi connectivity index (χ1) is 14.4. The standard InChI is InChI=1S/C21H20F3N3O2S/c22-21(23,24)16-6-5-15(19(11-16)30-10-2-9-28)13-26-20(29)27-18-4-1-3-14-12-25-8-7-17(14)18/h1,3-8,11-12,28H,2,9-10,13H2,(H2,26,27,29). The zero-order chi connectivity index (χ0) is 21.6. The third kappa shape index (κ3) is 5.64. The molecule has 5 nitrogen and oxygen atoms in total. The zero-order valence-electron chi connectivity index (χ0n) is 15.9. The average molecular weight is 435 g/mol. The molecule has 30 heavy (non-hydrogen) atoms. The molecule has 1 heterocycles. The molecular formula is C21H20F3N3O2S. The first-order valence-electron chi connectivity index (χ1n) is 9.20. The summed E-state index contributed by atoms with van der Waals surface area (Å²) in [7, 11) is 0. The normalized spacial score (nSPS) is 11.5. The molecule has 2 aromatic carbocycles. The fourth-order valence-corrected chi connectivity index (χ4v) is 3.86. The van der Waals surface area contributed by atoms with Crippen LogP contribution in [0.25, 0.3) is 10.8 Å². The van der Waals surface area contributed by atoms with Crippen molar-refractivity contribution in [1.29, 1.82) is 0 Å². The Morgan fingerprint density at radius 1 is 1.17 bits per heavy atom. The van der Waals surface area contributed by atoms with E-state index < -0.39 is 17.8 Å². The molecule has 0 saturated heterocycles. The van der Waals surface area contributed by atoms with Crippen molar-refractivity contribution in [1.82, 2.24) is 10.3 Å². The Bertz CT molecular complexity index is 1020. The summed E-state index contributed by atoms with van der Waals surface area (Å²) in [4.78, 5) is 16.8. The number of thioether (sulfide) groups is 1. The first-order valence-corrected chi connectivity index (χ1v) is 10.2. The highest BCUT2D eigenvalue weighted by molar-refractivity contribution is 7.99. The molecule has 1 aromatic heterocycles. The number of urea groups is 1. The maximum absolute atomic E-state index is 13.0. The Hall–Kier alpha value is -2.78. The summed E-state index contributed by atoms with van der Waals surface area (Å²) in [6.45, 7) is 0.0280. The first kappa shape index (κ1) is 21.9. The maximum atomic E-state index is 13.0. The number of rotatable bonds is 7. The van der Waals surface area contributed by atoms with Gasteiger partial charge in [0.2, 0.25) is 0 Å². The van der Waals surface area contributed by atoms with Gasteiger partial charge < -0.3 is 15.7 Å². The molecule has 0 fully saturated rings. The summed E-state index contributed by atoms with van der Waals surface area (Å²) >= 11 is 1.22. The topological polar surface area (TPSA) is 74.2 Å². The molecule has 0 unspecified atom stereocenters. The second kappa shape index (κ2) is 9.82. The quantitative estimate of drug-likeness (QED) is 0.359. The number of carbonyl (C=O) groups excluding carboxylic acids is 1. The van der Waals surface area contributed by atoms with E-state index in [-0.39, 0.29) is 13.2 Å². The molecule has 3 N–H and O–H groups in total. The summed E-state index contributed by atoms with van der Waals surface area (Å²) in [6.07, 6.45) is -0.664. The number of aliphatic hydroxyl groups is 1. The molecule has 158 valence electrons. The van der Waals surface area contributed by atoms with Crippen LogP contribution in [0.3, 0.4) is 0 Å². The number of anilines is 1. The molecule has 9 heteroatoms. The summed E-state index contributed by atoms with van der Waals surface area (Å²) in [5, 5.41) is 16.1. The lowest BCUT2D eigenvalue weighted by Gasteiger charge is -2.15. The van der Waals surface area contributed by atoms with Crippen molar-refractivity contribution >= 4 is 34.3 Å². The van der Waals surface area contributed by atoms with Crippen molar-refractivity contribution < 1.29 is 23.1 Å². The Balaban J connectivity index is 1.71. The minimum absolute atomic E-state index is 0.0392. The summed E-state index contributed by atoms with van der Waals surface area (Å²) in [5.74, 6) is 0.473. The van der Waals surface area contributed by atoms with E-state index in [0.717, 1.165) is 22.9 Å². The molecule has 0 aliphatic heterocycles. The number of halogens is 3. The van der Waals surface area contributed by atoms with Gasteiger partial charge in [-0.15, -0.1) is 11.8 Å². The Morgan fingerprint density at radius 3 is 2.77 bits per heavy atom. The Morgan fingerprint density at radius 2 is 2.00 bits per heavy atom. The number of aliphatic hydroxyl groups excluding tert-OH is 1. The number of nitrogens with one attached hydrogen (secondary N) is 2. The van der Waals surface area contributed by atoms with Gasteiger partial charge in [0.15, 0.2) is 0 Å². The number of benzene rings is 2. The number of amides is 2. The number of aromatic nitrogens is 1. The fraction of sp³-hybridized carbons (Fsp3) is 0.238. The van der Waals surface area contributed by atoms with Crippen molar-refractivity contribution in [2.75, 3.05) is 17.7 Å². The molecule has 0 aliphatic rings. The van der Waals surface area contributed by atoms with E-state index in [2.05, 4.69) is 15.6 Å². The summed E-state index contributed by atoms with van der Waals surface area (Å²) in [6, 6.07) is 10.2. The number of nitrogens with zero attached hydrogens (tertiary/aromatic N) is 1. The number of alkyl halides is 3. The minimum Gasteiger partial charge on any atom is -0.396 e. The summed E-state index contributed by atoms with van der Waals surface area (Å²) in [5.41, 5.74) is 0.437. The van der Waals surface area contributed by atoms with E-state index in [1.165, 1.54) is 17.8 Å². The number of hydrogen-bond donors (Lipinski definition) is 3. The smallest absolute Gasteiger partial charge is 0.396 e. The van der Waals surface area contributed by atoms with Crippen molar-refractivity contribution in [3.05, 3.63) is 66.0 Å². The molecular weight excluding hydrogens is 415 g/mol. The average Bonchev–Trinajstić information content (AvgIpc) is 2.72. The molecule has 0 radical (unpaired) electrons. The van der Waals surface area contributed by atoms with Crippen LogP contribution in [0, 0.1) is 0 Å². The highest BCUT2D eigenvalue weighted by atomic mass is 32.2. The van der Waals surface area contributed by atoms with E-state index in [1.807, 2.05) is 6.07 Å². The van der Waals surface area contributed by atoms with Gasteiger partial charge >= 0.3 is 12.2 Å². The lowest BCUT2D eigenvalue weighted by Crippen LogP contribution is -2.28. The van der Waals surface area contributed by atoms with Crippen LogP contribution in [-0.2, 0) is 12.7 Å². The lowest BCUT2D eigenvalue weighted by molar-refractivity contribution is -0.137. The molecule has 0 bridgehead atoms. The maximum Gasteiger partial charge on any atom is 0.416 e. The van der Waals surface area contributed by atoms with Crippen LogP contribution >= 0.6 is 11.8 Å². The third-order valence-electron chi connectivity index (χ3n) is 4.32. The van der Waals surface area contributed by atoms with E-state index in [4.69, 9.17) is 5.11 Å². The molecule has 0 spiro atoms. The van der Waals surface area contributed by atoms with Crippen molar-refractivity contribution in [3.8, 4) is 0 Å². The molecule has 0 aliphatic carbocycles. The largest absolute Gasteiger partial charge is 0.416 e.